The number of ether oxygens (including phenoxy) is 2. The van der Waals surface area contributed by atoms with Crippen LogP contribution >= 0.6 is 0 Å². The van der Waals surface area contributed by atoms with Crippen molar-refractivity contribution >= 4 is 0 Å². The summed E-state index contributed by atoms with van der Waals surface area (Å²) in [4.78, 5) is 0. The Hall–Kier alpha value is -1.23. The van der Waals surface area contributed by atoms with E-state index in [0.29, 0.717) is 19.3 Å². The average molecular weight is 288 g/mol. The Morgan fingerprint density at radius 2 is 1.70 bits per heavy atom. The average Bonchev–Trinajstić information content (AvgIpc) is 2.86. The molecule has 2 rings (SSSR count). The maximum atomic E-state index is 12.4. The Labute approximate surface area is 116 Å². The third-order valence-electron chi connectivity index (χ3n) is 3.74. The van der Waals surface area contributed by atoms with E-state index in [0.717, 1.165) is 24.2 Å². The second-order valence-corrected chi connectivity index (χ2v) is 5.32. The summed E-state index contributed by atoms with van der Waals surface area (Å²) in [6.07, 6.45) is -0.519. The molecule has 0 N–H and O–H groups in total. The molecule has 1 fully saturated rings. The standard InChI is InChI=1S/C15H19F3O2/c1-19-13-6-4-12(5-7-13)10-14(8-2-3-9-14)20-11-15(16,17)18/h4-7H,2-3,8-11H2,1H3. The van der Waals surface area contributed by atoms with Crippen molar-refractivity contribution in [3.8, 4) is 5.75 Å². The van der Waals surface area contributed by atoms with Gasteiger partial charge >= 0.3 is 6.18 Å². The molecule has 0 bridgehead atoms. The van der Waals surface area contributed by atoms with E-state index in [2.05, 4.69) is 0 Å². The lowest BCUT2D eigenvalue weighted by atomic mass is 9.92. The van der Waals surface area contributed by atoms with Crippen molar-refractivity contribution < 1.29 is 22.6 Å². The van der Waals surface area contributed by atoms with Crippen LogP contribution in [0.15, 0.2) is 24.3 Å². The van der Waals surface area contributed by atoms with E-state index in [9.17, 15) is 13.2 Å². The van der Waals surface area contributed by atoms with Crippen LogP contribution in [-0.2, 0) is 11.2 Å². The van der Waals surface area contributed by atoms with E-state index in [1.54, 1.807) is 7.11 Å². The molecule has 0 atom stereocenters. The fourth-order valence-electron chi connectivity index (χ4n) is 2.74. The highest BCUT2D eigenvalue weighted by Gasteiger charge is 2.39. The lowest BCUT2D eigenvalue weighted by Gasteiger charge is -2.30. The number of methoxy groups -OCH3 is 1. The second kappa shape index (κ2) is 6.04. The van der Waals surface area contributed by atoms with Gasteiger partial charge in [-0.1, -0.05) is 25.0 Å². The minimum Gasteiger partial charge on any atom is -0.497 e. The number of rotatable bonds is 5. The molecule has 0 saturated heterocycles. The van der Waals surface area contributed by atoms with Crippen LogP contribution in [0.4, 0.5) is 13.2 Å². The minimum absolute atomic E-state index is 0.521. The summed E-state index contributed by atoms with van der Waals surface area (Å²) in [5.74, 6) is 0.741. The lowest BCUT2D eigenvalue weighted by molar-refractivity contribution is -0.204. The number of hydrogen-bond donors (Lipinski definition) is 0. The zero-order valence-electron chi connectivity index (χ0n) is 11.5. The van der Waals surface area contributed by atoms with Gasteiger partial charge in [-0.25, -0.2) is 0 Å². The first kappa shape index (κ1) is 15.2. The Bertz CT molecular complexity index is 420. The van der Waals surface area contributed by atoms with Crippen LogP contribution in [0.5, 0.6) is 5.75 Å². The maximum absolute atomic E-state index is 12.4. The summed E-state index contributed by atoms with van der Waals surface area (Å²) in [5.41, 5.74) is 0.319. The molecule has 0 heterocycles. The van der Waals surface area contributed by atoms with Gasteiger partial charge in [0.1, 0.15) is 12.4 Å². The quantitative estimate of drug-likeness (QED) is 0.811. The van der Waals surface area contributed by atoms with Gasteiger partial charge in [0.25, 0.3) is 0 Å². The molecular weight excluding hydrogens is 269 g/mol. The molecule has 0 spiro atoms. The van der Waals surface area contributed by atoms with Crippen molar-refractivity contribution in [2.45, 2.75) is 43.9 Å². The van der Waals surface area contributed by atoms with E-state index in [1.165, 1.54) is 0 Å². The van der Waals surface area contributed by atoms with Gasteiger partial charge < -0.3 is 9.47 Å². The molecule has 0 unspecified atom stereocenters. The van der Waals surface area contributed by atoms with Crippen molar-refractivity contribution in [3.05, 3.63) is 29.8 Å². The summed E-state index contributed by atoms with van der Waals surface area (Å²) < 4.78 is 47.5. The van der Waals surface area contributed by atoms with Crippen LogP contribution in [0, 0.1) is 0 Å². The normalized spacial score (nSPS) is 18.2. The van der Waals surface area contributed by atoms with E-state index < -0.39 is 18.4 Å². The molecule has 1 aliphatic rings. The smallest absolute Gasteiger partial charge is 0.411 e. The van der Waals surface area contributed by atoms with Crippen LogP contribution in [0.2, 0.25) is 0 Å². The van der Waals surface area contributed by atoms with Gasteiger partial charge in [-0.05, 0) is 30.5 Å². The molecule has 0 amide bonds. The topological polar surface area (TPSA) is 18.5 Å². The molecule has 5 heteroatoms. The van der Waals surface area contributed by atoms with Gasteiger partial charge in [-0.2, -0.15) is 13.2 Å². The maximum Gasteiger partial charge on any atom is 0.411 e. The molecule has 112 valence electrons. The molecule has 20 heavy (non-hydrogen) atoms. The SMILES string of the molecule is COc1ccc(CC2(OCC(F)(F)F)CCCC2)cc1. The van der Waals surface area contributed by atoms with E-state index in [4.69, 9.17) is 9.47 Å². The summed E-state index contributed by atoms with van der Waals surface area (Å²) >= 11 is 0. The fourth-order valence-corrected chi connectivity index (χ4v) is 2.74. The predicted molar refractivity (Wildman–Crippen MR) is 69.9 cm³/mol. The monoisotopic (exact) mass is 288 g/mol. The van der Waals surface area contributed by atoms with Gasteiger partial charge in [-0.3, -0.25) is 0 Å². The van der Waals surface area contributed by atoms with Crippen molar-refractivity contribution in [2.75, 3.05) is 13.7 Å². The van der Waals surface area contributed by atoms with Crippen molar-refractivity contribution in [1.29, 1.82) is 0 Å². The first-order chi connectivity index (χ1) is 9.42. The third kappa shape index (κ3) is 4.13. The lowest BCUT2D eigenvalue weighted by Crippen LogP contribution is -2.35. The Morgan fingerprint density at radius 3 is 2.20 bits per heavy atom. The van der Waals surface area contributed by atoms with Crippen molar-refractivity contribution in [1.82, 2.24) is 0 Å². The second-order valence-electron chi connectivity index (χ2n) is 5.32. The van der Waals surface area contributed by atoms with Gasteiger partial charge in [0, 0.05) is 6.42 Å². The molecule has 1 aromatic rings. The Kier molecular flexibility index (Phi) is 4.58. The molecule has 1 aliphatic carbocycles. The highest BCUT2D eigenvalue weighted by Crippen LogP contribution is 2.37. The molecule has 2 nitrogen and oxygen atoms in total. The Morgan fingerprint density at radius 1 is 1.10 bits per heavy atom. The highest BCUT2D eigenvalue weighted by molar-refractivity contribution is 5.28. The zero-order valence-corrected chi connectivity index (χ0v) is 11.5. The van der Waals surface area contributed by atoms with E-state index >= 15 is 0 Å². The molecule has 0 aliphatic heterocycles. The number of alkyl halides is 3. The summed E-state index contributed by atoms with van der Waals surface area (Å²) in [6.45, 7) is -1.16. The number of benzene rings is 1. The summed E-state index contributed by atoms with van der Waals surface area (Å²) in [5, 5.41) is 0. The Balaban J connectivity index is 2.04. The summed E-state index contributed by atoms with van der Waals surface area (Å²) in [7, 11) is 1.58. The first-order valence-electron chi connectivity index (χ1n) is 6.76. The van der Waals surface area contributed by atoms with Crippen LogP contribution in [0.3, 0.4) is 0 Å². The molecule has 0 aromatic heterocycles. The number of hydrogen-bond acceptors (Lipinski definition) is 2. The van der Waals surface area contributed by atoms with Gasteiger partial charge in [-0.15, -0.1) is 0 Å². The van der Waals surface area contributed by atoms with Gasteiger partial charge in [0.2, 0.25) is 0 Å². The van der Waals surface area contributed by atoms with Crippen LogP contribution in [-0.4, -0.2) is 25.5 Å². The van der Waals surface area contributed by atoms with Crippen LogP contribution in [0.1, 0.15) is 31.2 Å². The molecule has 1 aromatic carbocycles. The third-order valence-corrected chi connectivity index (χ3v) is 3.74. The van der Waals surface area contributed by atoms with E-state index in [-0.39, 0.29) is 0 Å². The van der Waals surface area contributed by atoms with Crippen molar-refractivity contribution in [3.63, 3.8) is 0 Å². The summed E-state index contributed by atoms with van der Waals surface area (Å²) in [6, 6.07) is 7.41. The van der Waals surface area contributed by atoms with Crippen molar-refractivity contribution in [2.24, 2.45) is 0 Å². The largest absolute Gasteiger partial charge is 0.497 e. The van der Waals surface area contributed by atoms with Gasteiger partial charge in [0.05, 0.1) is 12.7 Å². The highest BCUT2D eigenvalue weighted by atomic mass is 19.4. The van der Waals surface area contributed by atoms with Crippen LogP contribution in [0.25, 0.3) is 0 Å². The first-order valence-corrected chi connectivity index (χ1v) is 6.76. The molecule has 1 saturated carbocycles. The van der Waals surface area contributed by atoms with Gasteiger partial charge in [0.15, 0.2) is 0 Å². The fraction of sp³-hybridized carbons (Fsp3) is 0.600. The van der Waals surface area contributed by atoms with E-state index in [1.807, 2.05) is 24.3 Å². The van der Waals surface area contributed by atoms with Crippen LogP contribution < -0.4 is 4.74 Å². The zero-order chi connectivity index (χ0) is 14.6. The molecule has 0 radical (unpaired) electrons. The minimum atomic E-state index is -4.27. The molecular formula is C15H19F3O2. The predicted octanol–water partition coefficient (Wildman–Crippen LogP) is 4.13. The number of halogens is 3.